The number of carbonyl (C=O) groups excluding carboxylic acids is 1. The van der Waals surface area contributed by atoms with Gasteiger partial charge in [-0.25, -0.2) is 0 Å². The summed E-state index contributed by atoms with van der Waals surface area (Å²) < 4.78 is 11.1. The predicted octanol–water partition coefficient (Wildman–Crippen LogP) is 4.27. The molecule has 1 heterocycles. The summed E-state index contributed by atoms with van der Waals surface area (Å²) in [6.07, 6.45) is 15.7. The number of aliphatic hydroxyl groups excluding tert-OH is 5. The van der Waals surface area contributed by atoms with E-state index in [1.54, 1.807) is 6.08 Å². The topological polar surface area (TPSA) is 149 Å². The lowest BCUT2D eigenvalue weighted by atomic mass is 9.99. The van der Waals surface area contributed by atoms with E-state index in [2.05, 4.69) is 19.2 Å². The molecule has 41 heavy (non-hydrogen) atoms. The van der Waals surface area contributed by atoms with Crippen LogP contribution < -0.4 is 5.32 Å². The molecule has 242 valence electrons. The average Bonchev–Trinajstić information content (AvgIpc) is 2.97. The maximum Gasteiger partial charge on any atom is 0.220 e. The molecule has 1 aliphatic heterocycles. The summed E-state index contributed by atoms with van der Waals surface area (Å²) in [7, 11) is 0. The molecular weight excluding hydrogens is 526 g/mol. The van der Waals surface area contributed by atoms with E-state index in [4.69, 9.17) is 9.47 Å². The Morgan fingerprint density at radius 3 is 1.90 bits per heavy atom. The Morgan fingerprint density at radius 1 is 0.805 bits per heavy atom. The van der Waals surface area contributed by atoms with Gasteiger partial charge >= 0.3 is 0 Å². The highest BCUT2D eigenvalue weighted by Crippen LogP contribution is 2.22. The number of unbranched alkanes of at least 4 members (excludes halogenated alkanes) is 15. The van der Waals surface area contributed by atoms with Crippen LogP contribution in [0.2, 0.25) is 0 Å². The van der Waals surface area contributed by atoms with E-state index in [0.717, 1.165) is 44.9 Å². The summed E-state index contributed by atoms with van der Waals surface area (Å²) in [6, 6.07) is -0.793. The van der Waals surface area contributed by atoms with E-state index < -0.39 is 49.5 Å². The average molecular weight is 588 g/mol. The standard InChI is InChI=1S/C32H61NO8/c1-3-5-7-9-11-12-13-14-15-16-17-19-21-26(35)25(33-28(36)22-20-18-10-8-6-4-2)24-40-32-31(39)30(38)29(37)27(23-34)41-32/h19,21,25-27,29-32,34-35,37-39H,3-18,20,22-24H2,1-2H3,(H,33,36)/b21-19+. The molecule has 0 spiro atoms. The highest BCUT2D eigenvalue weighted by Gasteiger charge is 2.44. The van der Waals surface area contributed by atoms with Crippen molar-refractivity contribution in [2.24, 2.45) is 0 Å². The summed E-state index contributed by atoms with van der Waals surface area (Å²) in [4.78, 5) is 12.6. The highest BCUT2D eigenvalue weighted by molar-refractivity contribution is 5.76. The lowest BCUT2D eigenvalue weighted by molar-refractivity contribution is -0.302. The van der Waals surface area contributed by atoms with Gasteiger partial charge in [-0.3, -0.25) is 4.79 Å². The molecule has 1 amide bonds. The largest absolute Gasteiger partial charge is 0.394 e. The molecule has 0 aromatic carbocycles. The fourth-order valence-corrected chi connectivity index (χ4v) is 5.09. The smallest absolute Gasteiger partial charge is 0.220 e. The number of aliphatic hydroxyl groups is 5. The van der Waals surface area contributed by atoms with Crippen LogP contribution in [0.4, 0.5) is 0 Å². The van der Waals surface area contributed by atoms with Gasteiger partial charge in [-0.1, -0.05) is 116 Å². The van der Waals surface area contributed by atoms with Gasteiger partial charge in [0.2, 0.25) is 5.91 Å². The molecule has 0 bridgehead atoms. The van der Waals surface area contributed by atoms with Crippen LogP contribution in [0.5, 0.6) is 0 Å². The minimum absolute atomic E-state index is 0.186. The third-order valence-electron chi connectivity index (χ3n) is 7.86. The van der Waals surface area contributed by atoms with Crippen LogP contribution in [0.15, 0.2) is 12.2 Å². The first-order valence-electron chi connectivity index (χ1n) is 16.4. The van der Waals surface area contributed by atoms with Crippen molar-refractivity contribution in [3.8, 4) is 0 Å². The predicted molar refractivity (Wildman–Crippen MR) is 161 cm³/mol. The minimum Gasteiger partial charge on any atom is -0.394 e. The second-order valence-corrected chi connectivity index (χ2v) is 11.6. The molecule has 0 saturated carbocycles. The van der Waals surface area contributed by atoms with Crippen molar-refractivity contribution >= 4 is 5.91 Å². The van der Waals surface area contributed by atoms with Crippen LogP contribution in [0.3, 0.4) is 0 Å². The van der Waals surface area contributed by atoms with Crippen molar-refractivity contribution in [1.82, 2.24) is 5.32 Å². The normalized spacial score (nSPS) is 24.5. The second kappa shape index (κ2) is 24.4. The van der Waals surface area contributed by atoms with Crippen LogP contribution in [-0.4, -0.2) is 87.5 Å². The van der Waals surface area contributed by atoms with Gasteiger partial charge in [0.05, 0.1) is 25.4 Å². The van der Waals surface area contributed by atoms with Crippen LogP contribution >= 0.6 is 0 Å². The Morgan fingerprint density at radius 2 is 1.34 bits per heavy atom. The second-order valence-electron chi connectivity index (χ2n) is 11.6. The number of hydrogen-bond acceptors (Lipinski definition) is 8. The fraction of sp³-hybridized carbons (Fsp3) is 0.906. The summed E-state index contributed by atoms with van der Waals surface area (Å²) in [5, 5.41) is 53.4. The molecule has 9 heteroatoms. The van der Waals surface area contributed by atoms with E-state index >= 15 is 0 Å². The fourth-order valence-electron chi connectivity index (χ4n) is 5.09. The molecule has 0 aliphatic carbocycles. The quantitative estimate of drug-likeness (QED) is 0.0685. The maximum absolute atomic E-state index is 12.6. The Labute approximate surface area is 248 Å². The van der Waals surface area contributed by atoms with Gasteiger partial charge < -0.3 is 40.3 Å². The molecule has 1 saturated heterocycles. The van der Waals surface area contributed by atoms with Crippen molar-refractivity contribution in [3.05, 3.63) is 12.2 Å². The molecule has 9 nitrogen and oxygen atoms in total. The summed E-state index contributed by atoms with van der Waals surface area (Å²) in [5.41, 5.74) is 0. The molecule has 0 radical (unpaired) electrons. The monoisotopic (exact) mass is 587 g/mol. The minimum atomic E-state index is -1.56. The van der Waals surface area contributed by atoms with Crippen LogP contribution in [0.1, 0.15) is 129 Å². The van der Waals surface area contributed by atoms with Crippen molar-refractivity contribution in [1.29, 1.82) is 0 Å². The lowest BCUT2D eigenvalue weighted by Crippen LogP contribution is -2.60. The van der Waals surface area contributed by atoms with Gasteiger partial charge in [0.1, 0.15) is 24.4 Å². The van der Waals surface area contributed by atoms with Crippen LogP contribution in [0.25, 0.3) is 0 Å². The number of hydrogen-bond donors (Lipinski definition) is 6. The third-order valence-corrected chi connectivity index (χ3v) is 7.86. The zero-order chi connectivity index (χ0) is 30.3. The van der Waals surface area contributed by atoms with E-state index in [1.807, 2.05) is 6.08 Å². The molecule has 7 unspecified atom stereocenters. The first-order chi connectivity index (χ1) is 19.8. The summed E-state index contributed by atoms with van der Waals surface area (Å²) in [5.74, 6) is -0.190. The van der Waals surface area contributed by atoms with E-state index in [9.17, 15) is 30.3 Å². The first kappa shape index (κ1) is 38.0. The zero-order valence-electron chi connectivity index (χ0n) is 25.8. The lowest BCUT2D eigenvalue weighted by Gasteiger charge is -2.40. The summed E-state index contributed by atoms with van der Waals surface area (Å²) in [6.45, 7) is 3.65. The van der Waals surface area contributed by atoms with Crippen molar-refractivity contribution < 1.29 is 39.8 Å². The van der Waals surface area contributed by atoms with Crippen molar-refractivity contribution in [3.63, 3.8) is 0 Å². The van der Waals surface area contributed by atoms with E-state index in [0.29, 0.717) is 6.42 Å². The number of ether oxygens (including phenoxy) is 2. The zero-order valence-corrected chi connectivity index (χ0v) is 25.8. The van der Waals surface area contributed by atoms with Crippen molar-refractivity contribution in [2.75, 3.05) is 13.2 Å². The van der Waals surface area contributed by atoms with E-state index in [1.165, 1.54) is 64.2 Å². The molecule has 6 N–H and O–H groups in total. The molecule has 0 aromatic rings. The van der Waals surface area contributed by atoms with Gasteiger partial charge in [0.15, 0.2) is 6.29 Å². The molecule has 1 aliphatic rings. The van der Waals surface area contributed by atoms with Gasteiger partial charge in [-0.15, -0.1) is 0 Å². The van der Waals surface area contributed by atoms with Crippen LogP contribution in [-0.2, 0) is 14.3 Å². The van der Waals surface area contributed by atoms with Gasteiger partial charge in [-0.05, 0) is 19.3 Å². The third kappa shape index (κ3) is 17.0. The number of rotatable bonds is 25. The number of nitrogens with one attached hydrogen (secondary N) is 1. The van der Waals surface area contributed by atoms with Crippen LogP contribution in [0, 0.1) is 0 Å². The van der Waals surface area contributed by atoms with E-state index in [-0.39, 0.29) is 12.5 Å². The Balaban J connectivity index is 2.53. The van der Waals surface area contributed by atoms with Crippen molar-refractivity contribution in [2.45, 2.75) is 172 Å². The molecule has 0 aromatic heterocycles. The molecule has 1 rings (SSSR count). The first-order valence-corrected chi connectivity index (χ1v) is 16.4. The molecule has 7 atom stereocenters. The number of carbonyl (C=O) groups is 1. The van der Waals surface area contributed by atoms with Gasteiger partial charge in [0.25, 0.3) is 0 Å². The Hall–Kier alpha value is -1.07. The molecule has 1 fully saturated rings. The van der Waals surface area contributed by atoms with Gasteiger partial charge in [-0.2, -0.15) is 0 Å². The Kier molecular flexibility index (Phi) is 22.6. The van der Waals surface area contributed by atoms with Gasteiger partial charge in [0, 0.05) is 6.42 Å². The highest BCUT2D eigenvalue weighted by atomic mass is 16.7. The number of allylic oxidation sites excluding steroid dienone is 1. The Bertz CT molecular complexity index is 662. The summed E-state index contributed by atoms with van der Waals surface area (Å²) >= 11 is 0. The molecular formula is C32H61NO8. The number of amides is 1. The SMILES string of the molecule is CCCCCCCCCCCC/C=C/C(O)C(COC1OC(CO)C(O)C(O)C1O)NC(=O)CCCCCCCC. The maximum atomic E-state index is 12.6.